The minimum absolute atomic E-state index is 0.0214. The van der Waals surface area contributed by atoms with E-state index in [4.69, 9.17) is 54.3 Å². The van der Waals surface area contributed by atoms with E-state index in [0.29, 0.717) is 51.0 Å². The second kappa shape index (κ2) is 28.9. The Labute approximate surface area is 538 Å². The molecule has 0 saturated carbocycles. The number of nitrogens with one attached hydrogen (secondary N) is 2. The van der Waals surface area contributed by atoms with Crippen molar-refractivity contribution in [2.45, 2.75) is 117 Å². The minimum atomic E-state index is -1.69. The van der Waals surface area contributed by atoms with E-state index in [1.54, 1.807) is 93.2 Å². The Morgan fingerprint density at radius 1 is 0.711 bits per heavy atom. The van der Waals surface area contributed by atoms with Crippen LogP contribution in [-0.4, -0.2) is 119 Å². The lowest BCUT2D eigenvalue weighted by Gasteiger charge is -2.49. The number of hydrogen-bond acceptors (Lipinski definition) is 18. The summed E-state index contributed by atoms with van der Waals surface area (Å²) < 4.78 is 46.1. The number of ether oxygens (including phenoxy) is 8. The number of anilines is 1. The predicted molar refractivity (Wildman–Crippen MR) is 345 cm³/mol. The zero-order valence-electron chi connectivity index (χ0n) is 52.7. The maximum Gasteiger partial charge on any atom is 0.413 e. The SMILES string of the molecule is COc1ccc(COC(=O)C2=C(/C=C/c3ccc(C[N+](C)(C)Cc4ccc(OCc5ccc(OC)cc5)c(OCc5ccc(OC)cc5)c4Cl)cc3)CS[C@@H]3[C@H](NC(=O)/C(=N\OC(C)(C)C(=O)OC(C)(C)C)c4csc(NC(=O)OC(C)(C)C)n4)C(=O)N23)cc1. The van der Waals surface area contributed by atoms with Crippen molar-refractivity contribution < 1.29 is 71.2 Å². The summed E-state index contributed by atoms with van der Waals surface area (Å²) in [5.74, 6) is 0.326. The fraction of sp³-hybridized carbons (Fsp3) is 0.358. The molecule has 3 heterocycles. The van der Waals surface area contributed by atoms with Gasteiger partial charge in [-0.3, -0.25) is 19.8 Å². The van der Waals surface area contributed by atoms with Crippen LogP contribution in [0.4, 0.5) is 9.93 Å². The van der Waals surface area contributed by atoms with Crippen molar-refractivity contribution in [3.63, 3.8) is 0 Å². The summed E-state index contributed by atoms with van der Waals surface area (Å²) in [4.78, 5) is 80.5. The van der Waals surface area contributed by atoms with Gasteiger partial charge in [0.1, 0.15) is 84.2 Å². The van der Waals surface area contributed by atoms with Crippen LogP contribution in [0.1, 0.15) is 94.5 Å². The molecule has 2 aliphatic rings. The molecule has 8 rings (SSSR count). The van der Waals surface area contributed by atoms with Crippen LogP contribution in [0.2, 0.25) is 5.02 Å². The Balaban J connectivity index is 0.998. The average Bonchev–Trinajstić information content (AvgIpc) is 0.801. The fourth-order valence-electron chi connectivity index (χ4n) is 9.19. The van der Waals surface area contributed by atoms with Crippen molar-refractivity contribution in [1.82, 2.24) is 15.2 Å². The number of quaternary nitrogens is 1. The number of carbonyl (C=O) groups excluding carboxylic acids is 5. The summed E-state index contributed by atoms with van der Waals surface area (Å²) in [5.41, 5.74) is 2.04. The number of allylic oxidation sites excluding steroid dienone is 1. The third-order valence-electron chi connectivity index (χ3n) is 13.7. The normalized spacial score (nSPS) is 15.3. The number of β-lactam (4-membered cyclic amide) rings is 1. The van der Waals surface area contributed by atoms with Gasteiger partial charge in [0.2, 0.25) is 5.60 Å². The number of esters is 2. The number of rotatable bonds is 25. The van der Waals surface area contributed by atoms with Crippen LogP contribution < -0.4 is 34.3 Å². The van der Waals surface area contributed by atoms with Crippen LogP contribution in [0.15, 0.2) is 137 Å². The third kappa shape index (κ3) is 18.1. The number of thiazole rings is 1. The largest absolute Gasteiger partial charge is 0.497 e. The van der Waals surface area contributed by atoms with Crippen LogP contribution >= 0.6 is 34.7 Å². The van der Waals surface area contributed by atoms with E-state index < -0.39 is 63.8 Å². The maximum atomic E-state index is 14.4. The second-order valence-corrected chi connectivity index (χ2v) is 26.7. The number of aromatic nitrogens is 1. The van der Waals surface area contributed by atoms with Crippen molar-refractivity contribution in [3.05, 3.63) is 176 Å². The first-order valence-electron chi connectivity index (χ1n) is 28.8. The van der Waals surface area contributed by atoms with E-state index in [1.807, 2.05) is 91.0 Å². The zero-order chi connectivity index (χ0) is 65.1. The van der Waals surface area contributed by atoms with Crippen LogP contribution in [-0.2, 0) is 71.1 Å². The first-order valence-corrected chi connectivity index (χ1v) is 31.1. The molecule has 0 aliphatic carbocycles. The van der Waals surface area contributed by atoms with Crippen LogP contribution in [0.25, 0.3) is 6.08 Å². The lowest BCUT2D eigenvalue weighted by atomic mass is 10.0. The van der Waals surface area contributed by atoms with Crippen LogP contribution in [0, 0.1) is 0 Å². The Morgan fingerprint density at radius 3 is 1.83 bits per heavy atom. The van der Waals surface area contributed by atoms with Crippen molar-refractivity contribution >= 4 is 81.5 Å². The molecule has 5 aromatic carbocycles. The van der Waals surface area contributed by atoms with Gasteiger partial charge in [-0.25, -0.2) is 19.4 Å². The number of methoxy groups -OCH3 is 3. The molecular weight excluding hydrogens is 1210 g/mol. The highest BCUT2D eigenvalue weighted by atomic mass is 35.5. The van der Waals surface area contributed by atoms with E-state index in [9.17, 15) is 24.0 Å². The van der Waals surface area contributed by atoms with Gasteiger partial charge in [0.25, 0.3) is 11.8 Å². The minimum Gasteiger partial charge on any atom is -0.497 e. The fourth-order valence-corrected chi connectivity index (χ4v) is 11.5. The van der Waals surface area contributed by atoms with Gasteiger partial charge < -0.3 is 52.5 Å². The summed E-state index contributed by atoms with van der Waals surface area (Å²) >= 11 is 9.56. The van der Waals surface area contributed by atoms with Crippen molar-refractivity contribution in [1.29, 1.82) is 0 Å². The monoisotopic (exact) mass is 1290 g/mol. The lowest BCUT2D eigenvalue weighted by molar-refractivity contribution is -0.916. The number of carbonyl (C=O) groups is 5. The molecule has 476 valence electrons. The van der Waals surface area contributed by atoms with Crippen molar-refractivity contribution in [2.75, 3.05) is 46.5 Å². The number of hydrogen-bond donors (Lipinski definition) is 2. The highest BCUT2D eigenvalue weighted by Gasteiger charge is 2.55. The molecule has 0 spiro atoms. The summed E-state index contributed by atoms with van der Waals surface area (Å²) in [7, 11) is 9.05. The Hall–Kier alpha value is -8.57. The number of benzene rings is 5. The number of fused-ring (bicyclic) bond motifs is 1. The molecule has 1 saturated heterocycles. The molecule has 2 atom stereocenters. The van der Waals surface area contributed by atoms with Crippen LogP contribution in [0.5, 0.6) is 28.7 Å². The molecule has 0 radical (unpaired) electrons. The van der Waals surface area contributed by atoms with Crippen molar-refractivity contribution in [2.24, 2.45) is 5.16 Å². The van der Waals surface area contributed by atoms with E-state index in [1.165, 1.54) is 35.9 Å². The summed E-state index contributed by atoms with van der Waals surface area (Å²) in [5, 5.41) is 10.6. The molecule has 3 amide bonds. The number of amides is 3. The average molecular weight is 1290 g/mol. The maximum absolute atomic E-state index is 14.4. The van der Waals surface area contributed by atoms with Gasteiger partial charge in [-0.2, -0.15) is 0 Å². The molecule has 2 N–H and O–H groups in total. The molecule has 2 aliphatic heterocycles. The molecule has 1 aromatic heterocycles. The first-order chi connectivity index (χ1) is 42.6. The van der Waals surface area contributed by atoms with E-state index >= 15 is 0 Å². The molecule has 0 unspecified atom stereocenters. The third-order valence-corrected chi connectivity index (χ3v) is 16.2. The highest BCUT2D eigenvalue weighted by Crippen LogP contribution is 2.43. The van der Waals surface area contributed by atoms with Gasteiger partial charge in [0, 0.05) is 22.3 Å². The smallest absolute Gasteiger partial charge is 0.413 e. The first kappa shape index (κ1) is 67.4. The quantitative estimate of drug-likeness (QED) is 0.0136. The summed E-state index contributed by atoms with van der Waals surface area (Å²) in [6.45, 7) is 14.7. The van der Waals surface area contributed by atoms with Crippen molar-refractivity contribution in [3.8, 4) is 28.7 Å². The number of nitrogens with zero attached hydrogens (tertiary/aromatic N) is 4. The van der Waals surface area contributed by atoms with E-state index in [-0.39, 0.29) is 42.1 Å². The zero-order valence-corrected chi connectivity index (χ0v) is 55.1. The van der Waals surface area contributed by atoms with Gasteiger partial charge in [-0.1, -0.05) is 89.6 Å². The number of oxime groups is 1. The predicted octanol–water partition coefficient (Wildman–Crippen LogP) is 12.1. The molecule has 20 nitrogen and oxygen atoms in total. The topological polar surface area (TPSA) is 221 Å². The van der Waals surface area contributed by atoms with Gasteiger partial charge in [-0.05, 0) is 132 Å². The van der Waals surface area contributed by atoms with Crippen LogP contribution in [0.3, 0.4) is 0 Å². The van der Waals surface area contributed by atoms with Gasteiger partial charge >= 0.3 is 18.0 Å². The summed E-state index contributed by atoms with van der Waals surface area (Å²) in [6.07, 6.45) is 2.88. The molecule has 0 bridgehead atoms. The molecule has 1 fully saturated rings. The standard InChI is InChI=1S/C67H75ClN6O14S2/c1-65(2,3)86-62(78)67(7,8)88-72-54(51-40-90-63(69-51)71-64(79)87-66(4,5)6)58(75)70-55-59(76)73-56(61(77)85-38-45-23-31-50(82-13)32-24-45)47(39-89-60(55)73)25-18-41-14-16-42(17-15-41)34-74(9,10)35-46-26-33-52(83-36-43-19-27-48(80-11)28-20-43)57(53(46)68)84-37-44-21-29-49(81-12)30-22-44/h14-33,40,55,60H,34-39H2,1-13H3,(H-,69,70,71,75,79)/p+1/b25-18+,72-54-/t55-,60-/m1/s1. The molecule has 23 heteroatoms. The number of halogens is 1. The molecular formula is C67H76ClN6O14S2+. The Morgan fingerprint density at radius 2 is 1.27 bits per heavy atom. The molecule has 6 aromatic rings. The lowest BCUT2D eigenvalue weighted by Crippen LogP contribution is -2.71. The van der Waals surface area contributed by atoms with Gasteiger partial charge in [-0.15, -0.1) is 23.1 Å². The highest BCUT2D eigenvalue weighted by molar-refractivity contribution is 8.00. The van der Waals surface area contributed by atoms with Gasteiger partial charge in [0.05, 0.1) is 40.4 Å². The van der Waals surface area contributed by atoms with E-state index in [2.05, 4.69) is 34.9 Å². The Bertz CT molecular complexity index is 3650. The van der Waals surface area contributed by atoms with E-state index in [0.717, 1.165) is 50.7 Å². The van der Waals surface area contributed by atoms with Gasteiger partial charge in [0.15, 0.2) is 22.3 Å². The molecule has 90 heavy (non-hydrogen) atoms. The number of thioether (sulfide) groups is 1. The second-order valence-electron chi connectivity index (χ2n) is 24.3. The summed E-state index contributed by atoms with van der Waals surface area (Å²) in [6, 6.07) is 33.1. The Kier molecular flexibility index (Phi) is 21.7.